The van der Waals surface area contributed by atoms with Crippen molar-refractivity contribution in [3.05, 3.63) is 58.6 Å². The molecular formula is C16H15ClO2S. The zero-order valence-electron chi connectivity index (χ0n) is 11.4. The lowest BCUT2D eigenvalue weighted by Crippen LogP contribution is -2.05. The van der Waals surface area contributed by atoms with E-state index in [0.29, 0.717) is 22.1 Å². The molecule has 4 heteroatoms. The lowest BCUT2D eigenvalue weighted by atomic mass is 10.1. The molecule has 0 aliphatic heterocycles. The van der Waals surface area contributed by atoms with E-state index in [-0.39, 0.29) is 5.78 Å². The summed E-state index contributed by atoms with van der Waals surface area (Å²) in [6, 6.07) is 13.2. The quantitative estimate of drug-likeness (QED) is 0.595. The van der Waals surface area contributed by atoms with Gasteiger partial charge in [-0.3, -0.25) is 4.79 Å². The fraction of sp³-hybridized carbons (Fsp3) is 0.188. The number of halogens is 1. The molecule has 0 bridgehead atoms. The zero-order valence-corrected chi connectivity index (χ0v) is 12.9. The first-order valence-electron chi connectivity index (χ1n) is 6.16. The van der Waals surface area contributed by atoms with Crippen LogP contribution in [0.1, 0.15) is 15.9 Å². The van der Waals surface area contributed by atoms with Crippen LogP contribution in [0, 0.1) is 6.92 Å². The second-order valence-electron chi connectivity index (χ2n) is 4.37. The summed E-state index contributed by atoms with van der Waals surface area (Å²) in [6.45, 7) is 2.03. The van der Waals surface area contributed by atoms with E-state index >= 15 is 0 Å². The maximum absolute atomic E-state index is 12.3. The number of methoxy groups -OCH3 is 1. The van der Waals surface area contributed by atoms with Crippen molar-refractivity contribution in [2.75, 3.05) is 12.9 Å². The number of hydrogen-bond donors (Lipinski definition) is 0. The van der Waals surface area contributed by atoms with Gasteiger partial charge in [-0.2, -0.15) is 0 Å². The van der Waals surface area contributed by atoms with Gasteiger partial charge in [-0.25, -0.2) is 0 Å². The van der Waals surface area contributed by atoms with Crippen LogP contribution in [0.25, 0.3) is 0 Å². The Bertz CT molecular complexity index is 626. The number of ketones is 1. The normalized spacial score (nSPS) is 10.3. The Balaban J connectivity index is 2.10. The number of hydrogen-bond acceptors (Lipinski definition) is 3. The minimum Gasteiger partial charge on any atom is -0.496 e. The lowest BCUT2D eigenvalue weighted by molar-refractivity contribution is 0.101. The van der Waals surface area contributed by atoms with Crippen LogP contribution in [0.2, 0.25) is 5.02 Å². The van der Waals surface area contributed by atoms with Crippen LogP contribution in [0.3, 0.4) is 0 Å². The Morgan fingerprint density at radius 1 is 1.25 bits per heavy atom. The minimum absolute atomic E-state index is 0.0101. The van der Waals surface area contributed by atoms with E-state index in [4.69, 9.17) is 16.3 Å². The van der Waals surface area contributed by atoms with E-state index in [2.05, 4.69) is 6.07 Å². The van der Waals surface area contributed by atoms with E-state index in [1.54, 1.807) is 25.3 Å². The third-order valence-corrected chi connectivity index (χ3v) is 4.05. The third-order valence-electron chi connectivity index (χ3n) is 2.82. The van der Waals surface area contributed by atoms with Gasteiger partial charge in [-0.1, -0.05) is 29.3 Å². The van der Waals surface area contributed by atoms with Gasteiger partial charge < -0.3 is 4.74 Å². The second-order valence-corrected chi connectivity index (χ2v) is 5.86. The highest BCUT2D eigenvalue weighted by molar-refractivity contribution is 8.00. The summed E-state index contributed by atoms with van der Waals surface area (Å²) in [5.41, 5.74) is 1.71. The first-order chi connectivity index (χ1) is 9.60. The monoisotopic (exact) mass is 306 g/mol. The number of thioether (sulfide) groups is 1. The molecule has 0 aliphatic rings. The van der Waals surface area contributed by atoms with E-state index in [0.717, 1.165) is 4.90 Å². The standard InChI is InChI=1S/C16H15ClO2S/c1-11-4-3-5-13(8-11)20-10-15(18)14-9-12(17)6-7-16(14)19-2/h3-9H,10H2,1-2H3. The van der Waals surface area contributed by atoms with Crippen molar-refractivity contribution in [3.8, 4) is 5.75 Å². The van der Waals surface area contributed by atoms with Crippen LogP contribution in [-0.2, 0) is 0 Å². The topological polar surface area (TPSA) is 26.3 Å². The molecule has 2 rings (SSSR count). The summed E-state index contributed by atoms with van der Waals surface area (Å²) in [4.78, 5) is 13.4. The largest absolute Gasteiger partial charge is 0.496 e. The smallest absolute Gasteiger partial charge is 0.176 e. The predicted octanol–water partition coefficient (Wildman–Crippen LogP) is 4.63. The molecule has 0 N–H and O–H groups in total. The van der Waals surface area contributed by atoms with Gasteiger partial charge in [0, 0.05) is 9.92 Å². The number of ether oxygens (including phenoxy) is 1. The maximum atomic E-state index is 12.3. The molecule has 2 nitrogen and oxygen atoms in total. The molecule has 0 atom stereocenters. The van der Waals surface area contributed by atoms with Crippen molar-refractivity contribution in [3.63, 3.8) is 0 Å². The van der Waals surface area contributed by atoms with Crippen molar-refractivity contribution in [2.45, 2.75) is 11.8 Å². The van der Waals surface area contributed by atoms with Gasteiger partial charge in [0.1, 0.15) is 5.75 Å². The summed E-state index contributed by atoms with van der Waals surface area (Å²) in [7, 11) is 1.55. The predicted molar refractivity (Wildman–Crippen MR) is 84.2 cm³/mol. The molecular weight excluding hydrogens is 292 g/mol. The number of aryl methyl sites for hydroxylation is 1. The number of carbonyl (C=O) groups excluding carboxylic acids is 1. The zero-order chi connectivity index (χ0) is 14.5. The average Bonchev–Trinajstić information content (AvgIpc) is 2.45. The van der Waals surface area contributed by atoms with Crippen molar-refractivity contribution in [1.82, 2.24) is 0 Å². The molecule has 104 valence electrons. The molecule has 0 unspecified atom stereocenters. The van der Waals surface area contributed by atoms with E-state index < -0.39 is 0 Å². The lowest BCUT2D eigenvalue weighted by Gasteiger charge is -2.08. The fourth-order valence-corrected chi connectivity index (χ4v) is 2.90. The Hall–Kier alpha value is -1.45. The van der Waals surface area contributed by atoms with Gasteiger partial charge in [0.15, 0.2) is 5.78 Å². The van der Waals surface area contributed by atoms with Crippen LogP contribution in [0.15, 0.2) is 47.4 Å². The molecule has 0 amide bonds. The van der Waals surface area contributed by atoms with Gasteiger partial charge in [0.05, 0.1) is 18.4 Å². The first kappa shape index (κ1) is 14.9. The second kappa shape index (κ2) is 6.82. The van der Waals surface area contributed by atoms with Gasteiger partial charge >= 0.3 is 0 Å². The van der Waals surface area contributed by atoms with Crippen LogP contribution < -0.4 is 4.74 Å². The molecule has 0 fully saturated rings. The summed E-state index contributed by atoms with van der Waals surface area (Å²) >= 11 is 7.46. The molecule has 0 aliphatic carbocycles. The molecule has 0 spiro atoms. The molecule has 2 aromatic carbocycles. The molecule has 0 saturated heterocycles. The maximum Gasteiger partial charge on any atom is 0.176 e. The molecule has 0 saturated carbocycles. The first-order valence-corrected chi connectivity index (χ1v) is 7.52. The van der Waals surface area contributed by atoms with Crippen molar-refractivity contribution in [1.29, 1.82) is 0 Å². The highest BCUT2D eigenvalue weighted by Gasteiger charge is 2.13. The van der Waals surface area contributed by atoms with Crippen molar-refractivity contribution in [2.24, 2.45) is 0 Å². The van der Waals surface area contributed by atoms with Crippen LogP contribution >= 0.6 is 23.4 Å². The van der Waals surface area contributed by atoms with Crippen LogP contribution in [0.4, 0.5) is 0 Å². The average molecular weight is 307 g/mol. The Labute approximate surface area is 128 Å². The van der Waals surface area contributed by atoms with Gasteiger partial charge in [0.2, 0.25) is 0 Å². The summed E-state index contributed by atoms with van der Waals surface area (Å²) in [5.74, 6) is 0.931. The highest BCUT2D eigenvalue weighted by Crippen LogP contribution is 2.26. The molecule has 0 aromatic heterocycles. The van der Waals surface area contributed by atoms with E-state index in [1.165, 1.54) is 17.3 Å². The SMILES string of the molecule is COc1ccc(Cl)cc1C(=O)CSc1cccc(C)c1. The van der Waals surface area contributed by atoms with Crippen LogP contribution in [0.5, 0.6) is 5.75 Å². The number of Topliss-reactive ketones (excluding diaryl/α,β-unsaturated/α-hetero) is 1. The van der Waals surface area contributed by atoms with Gasteiger partial charge in [-0.15, -0.1) is 11.8 Å². The minimum atomic E-state index is 0.0101. The Morgan fingerprint density at radius 2 is 2.05 bits per heavy atom. The molecule has 0 heterocycles. The number of rotatable bonds is 5. The van der Waals surface area contributed by atoms with Crippen molar-refractivity contribution < 1.29 is 9.53 Å². The highest BCUT2D eigenvalue weighted by atomic mass is 35.5. The number of carbonyl (C=O) groups is 1. The Kier molecular flexibility index (Phi) is 5.10. The summed E-state index contributed by atoms with van der Waals surface area (Å²) in [6.07, 6.45) is 0. The van der Waals surface area contributed by atoms with Gasteiger partial charge in [0.25, 0.3) is 0 Å². The van der Waals surface area contributed by atoms with Crippen LogP contribution in [-0.4, -0.2) is 18.6 Å². The fourth-order valence-electron chi connectivity index (χ4n) is 1.83. The molecule has 0 radical (unpaired) electrons. The summed E-state index contributed by atoms with van der Waals surface area (Å²) < 4.78 is 5.20. The Morgan fingerprint density at radius 3 is 2.75 bits per heavy atom. The van der Waals surface area contributed by atoms with E-state index in [9.17, 15) is 4.79 Å². The summed E-state index contributed by atoms with van der Waals surface area (Å²) in [5, 5.41) is 0.537. The van der Waals surface area contributed by atoms with Gasteiger partial charge in [-0.05, 0) is 37.3 Å². The molecule has 20 heavy (non-hydrogen) atoms. The third kappa shape index (κ3) is 3.78. The van der Waals surface area contributed by atoms with E-state index in [1.807, 2.05) is 25.1 Å². The molecule has 2 aromatic rings. The number of benzene rings is 2. The van der Waals surface area contributed by atoms with Crippen molar-refractivity contribution >= 4 is 29.1 Å².